The molecule has 0 spiro atoms. The number of carbonyl (C=O) groups is 1. The van der Waals surface area contributed by atoms with Crippen LogP contribution >= 0.6 is 0 Å². The maximum atomic E-state index is 12.9. The van der Waals surface area contributed by atoms with Gasteiger partial charge >= 0.3 is 5.97 Å². The Kier molecular flexibility index (Phi) is 5.00. The Labute approximate surface area is 180 Å². The third-order valence-corrected chi connectivity index (χ3v) is 5.59. The first-order valence-electron chi connectivity index (χ1n) is 10.3. The molecule has 1 saturated carbocycles. The molecule has 0 radical (unpaired) electrons. The summed E-state index contributed by atoms with van der Waals surface area (Å²) in [5, 5.41) is 4.71. The maximum Gasteiger partial charge on any atom is 0.316 e. The molecule has 4 aromatic rings. The quantitative estimate of drug-likeness (QED) is 0.407. The highest BCUT2D eigenvalue weighted by Crippen LogP contribution is 2.48. The van der Waals surface area contributed by atoms with Crippen molar-refractivity contribution in [3.05, 3.63) is 96.6 Å². The molecule has 154 valence electrons. The second-order valence-electron chi connectivity index (χ2n) is 7.62. The Morgan fingerprint density at radius 2 is 1.61 bits per heavy atom. The number of aromatic nitrogens is 2. The molecular formula is C26H22N2O3. The van der Waals surface area contributed by atoms with E-state index in [1.807, 2.05) is 78.9 Å². The van der Waals surface area contributed by atoms with Crippen molar-refractivity contribution in [3.63, 3.8) is 0 Å². The van der Waals surface area contributed by atoms with Gasteiger partial charge in [-0.05, 0) is 42.2 Å². The molecule has 5 rings (SSSR count). The minimum Gasteiger partial charge on any atom is -0.497 e. The fourth-order valence-corrected chi connectivity index (χ4v) is 3.80. The molecule has 31 heavy (non-hydrogen) atoms. The summed E-state index contributed by atoms with van der Waals surface area (Å²) < 4.78 is 12.8. The second kappa shape index (κ2) is 8.11. The van der Waals surface area contributed by atoms with E-state index in [2.05, 4.69) is 12.1 Å². The van der Waals surface area contributed by atoms with Crippen LogP contribution in [0.1, 0.15) is 17.9 Å². The first kappa shape index (κ1) is 19.1. The molecule has 1 aliphatic carbocycles. The number of benzene rings is 3. The van der Waals surface area contributed by atoms with Crippen molar-refractivity contribution in [2.75, 3.05) is 7.11 Å². The van der Waals surface area contributed by atoms with Gasteiger partial charge in [0.05, 0.1) is 24.4 Å². The lowest BCUT2D eigenvalue weighted by Crippen LogP contribution is -2.14. The minimum atomic E-state index is -0.219. The van der Waals surface area contributed by atoms with E-state index < -0.39 is 0 Å². The lowest BCUT2D eigenvalue weighted by atomic mass is 10.1. The molecule has 3 aromatic carbocycles. The van der Waals surface area contributed by atoms with Crippen LogP contribution in [0.2, 0.25) is 0 Å². The van der Waals surface area contributed by atoms with Gasteiger partial charge in [0.15, 0.2) is 0 Å². The molecule has 2 unspecified atom stereocenters. The average Bonchev–Trinajstić information content (AvgIpc) is 3.54. The molecule has 0 amide bonds. The number of rotatable bonds is 6. The smallest absolute Gasteiger partial charge is 0.316 e. The summed E-state index contributed by atoms with van der Waals surface area (Å²) in [5.41, 5.74) is 3.68. The summed E-state index contributed by atoms with van der Waals surface area (Å²) >= 11 is 0. The van der Waals surface area contributed by atoms with E-state index in [4.69, 9.17) is 14.6 Å². The summed E-state index contributed by atoms with van der Waals surface area (Å²) in [6, 6.07) is 29.3. The highest BCUT2D eigenvalue weighted by molar-refractivity contribution is 5.80. The van der Waals surface area contributed by atoms with E-state index in [1.165, 1.54) is 5.56 Å². The average molecular weight is 410 g/mol. The molecule has 5 heteroatoms. The molecule has 2 atom stereocenters. The van der Waals surface area contributed by atoms with Crippen molar-refractivity contribution in [1.82, 2.24) is 9.78 Å². The lowest BCUT2D eigenvalue weighted by Gasteiger charge is -2.08. The van der Waals surface area contributed by atoms with Crippen LogP contribution in [-0.2, 0) is 4.79 Å². The molecule has 1 aliphatic rings. The summed E-state index contributed by atoms with van der Waals surface area (Å²) in [6.07, 6.45) is 0.811. The first-order valence-corrected chi connectivity index (χ1v) is 10.3. The highest BCUT2D eigenvalue weighted by atomic mass is 16.5. The number of carbonyl (C=O) groups excluding carboxylic acids is 1. The van der Waals surface area contributed by atoms with E-state index in [1.54, 1.807) is 11.8 Å². The van der Waals surface area contributed by atoms with Crippen LogP contribution in [0.3, 0.4) is 0 Å². The van der Waals surface area contributed by atoms with Crippen molar-refractivity contribution < 1.29 is 14.3 Å². The minimum absolute atomic E-state index is 0.123. The molecule has 0 N–H and O–H groups in total. The normalized spacial score (nSPS) is 17.2. The molecule has 0 saturated heterocycles. The topological polar surface area (TPSA) is 53.4 Å². The summed E-state index contributed by atoms with van der Waals surface area (Å²) in [7, 11) is 1.63. The van der Waals surface area contributed by atoms with Crippen molar-refractivity contribution in [3.8, 4) is 28.6 Å². The number of hydrogen-bond donors (Lipinski definition) is 0. The summed E-state index contributed by atoms with van der Waals surface area (Å²) in [5.74, 6) is 1.04. The Balaban J connectivity index is 1.44. The Bertz CT molecular complexity index is 1180. The van der Waals surface area contributed by atoms with Crippen LogP contribution in [0.4, 0.5) is 0 Å². The van der Waals surface area contributed by atoms with Crippen LogP contribution in [0.25, 0.3) is 16.9 Å². The maximum absolute atomic E-state index is 12.9. The zero-order valence-corrected chi connectivity index (χ0v) is 17.1. The van der Waals surface area contributed by atoms with E-state index in [0.717, 1.165) is 29.1 Å². The van der Waals surface area contributed by atoms with Gasteiger partial charge in [-0.25, -0.2) is 4.68 Å². The predicted octanol–water partition coefficient (Wildman–Crippen LogP) is 5.26. The zero-order chi connectivity index (χ0) is 21.2. The monoisotopic (exact) mass is 410 g/mol. The number of nitrogens with zero attached hydrogens (tertiary/aromatic N) is 2. The van der Waals surface area contributed by atoms with Crippen LogP contribution in [0.5, 0.6) is 11.6 Å². The number of methoxy groups -OCH3 is 1. The van der Waals surface area contributed by atoms with Crippen molar-refractivity contribution in [1.29, 1.82) is 0 Å². The third kappa shape index (κ3) is 3.94. The summed E-state index contributed by atoms with van der Waals surface area (Å²) in [6.45, 7) is 0. The van der Waals surface area contributed by atoms with Gasteiger partial charge in [-0.15, -0.1) is 0 Å². The fourth-order valence-electron chi connectivity index (χ4n) is 3.80. The molecule has 5 nitrogen and oxygen atoms in total. The van der Waals surface area contributed by atoms with Crippen LogP contribution in [0, 0.1) is 5.92 Å². The van der Waals surface area contributed by atoms with Gasteiger partial charge in [0.2, 0.25) is 5.88 Å². The van der Waals surface area contributed by atoms with Gasteiger partial charge in [-0.1, -0.05) is 60.7 Å². The SMILES string of the molecule is COc1ccc(-n2nc(-c3ccccc3)cc2OC(=O)C2CC2c2ccccc2)cc1. The predicted molar refractivity (Wildman–Crippen MR) is 118 cm³/mol. The van der Waals surface area contributed by atoms with Crippen LogP contribution in [-0.4, -0.2) is 22.9 Å². The third-order valence-electron chi connectivity index (χ3n) is 5.59. The number of esters is 1. The molecule has 1 fully saturated rings. The molecule has 0 bridgehead atoms. The van der Waals surface area contributed by atoms with Gasteiger partial charge in [-0.2, -0.15) is 5.10 Å². The Morgan fingerprint density at radius 1 is 0.935 bits per heavy atom. The first-order chi connectivity index (χ1) is 15.2. The Morgan fingerprint density at radius 3 is 2.29 bits per heavy atom. The fraction of sp³-hybridized carbons (Fsp3) is 0.154. The van der Waals surface area contributed by atoms with E-state index >= 15 is 0 Å². The number of ether oxygens (including phenoxy) is 2. The second-order valence-corrected chi connectivity index (χ2v) is 7.62. The lowest BCUT2D eigenvalue weighted by molar-refractivity contribution is -0.136. The van der Waals surface area contributed by atoms with Gasteiger partial charge < -0.3 is 9.47 Å². The standard InChI is InChI=1S/C26H22N2O3/c1-30-21-14-12-20(13-15-21)28-25(17-24(27-28)19-10-6-3-7-11-19)31-26(29)23-16-22(23)18-8-4-2-5-9-18/h2-15,17,22-23H,16H2,1H3. The van der Waals surface area contributed by atoms with Crippen LogP contribution in [0.15, 0.2) is 91.0 Å². The van der Waals surface area contributed by atoms with Crippen LogP contribution < -0.4 is 9.47 Å². The van der Waals surface area contributed by atoms with Crippen molar-refractivity contribution in [2.45, 2.75) is 12.3 Å². The van der Waals surface area contributed by atoms with E-state index in [9.17, 15) is 4.79 Å². The van der Waals surface area contributed by atoms with Gasteiger partial charge in [0, 0.05) is 11.6 Å². The van der Waals surface area contributed by atoms with Crippen molar-refractivity contribution >= 4 is 5.97 Å². The van der Waals surface area contributed by atoms with E-state index in [-0.39, 0.29) is 17.8 Å². The van der Waals surface area contributed by atoms with Gasteiger partial charge in [0.25, 0.3) is 0 Å². The highest BCUT2D eigenvalue weighted by Gasteiger charge is 2.45. The molecule has 1 aromatic heterocycles. The summed E-state index contributed by atoms with van der Waals surface area (Å²) in [4.78, 5) is 12.9. The molecule has 1 heterocycles. The molecular weight excluding hydrogens is 388 g/mol. The largest absolute Gasteiger partial charge is 0.497 e. The zero-order valence-electron chi connectivity index (χ0n) is 17.1. The van der Waals surface area contributed by atoms with Crippen molar-refractivity contribution in [2.24, 2.45) is 5.92 Å². The van der Waals surface area contributed by atoms with Gasteiger partial charge in [-0.3, -0.25) is 4.79 Å². The van der Waals surface area contributed by atoms with Gasteiger partial charge in [0.1, 0.15) is 5.75 Å². The Hall–Kier alpha value is -3.86. The molecule has 0 aliphatic heterocycles. The number of hydrogen-bond acceptors (Lipinski definition) is 4. The van der Waals surface area contributed by atoms with E-state index in [0.29, 0.717) is 5.88 Å².